The van der Waals surface area contributed by atoms with Gasteiger partial charge in [0.1, 0.15) is 6.04 Å². The zero-order valence-corrected chi connectivity index (χ0v) is 11.8. The van der Waals surface area contributed by atoms with Crippen LogP contribution in [0.1, 0.15) is 25.1 Å². The van der Waals surface area contributed by atoms with Gasteiger partial charge in [-0.2, -0.15) is 5.10 Å². The third-order valence-electron chi connectivity index (χ3n) is 3.08. The molecule has 0 radical (unpaired) electrons. The topological polar surface area (TPSA) is 69.0 Å². The molecule has 1 N–H and O–H groups in total. The van der Waals surface area contributed by atoms with Crippen LogP contribution in [0.2, 0.25) is 0 Å². The summed E-state index contributed by atoms with van der Waals surface area (Å²) >= 11 is 0. The van der Waals surface area contributed by atoms with Crippen molar-refractivity contribution in [2.45, 2.75) is 26.3 Å². The normalized spacial score (nSPS) is 11.9. The van der Waals surface area contributed by atoms with Crippen LogP contribution < -0.4 is 10.1 Å². The van der Waals surface area contributed by atoms with Crippen LogP contribution in [0.3, 0.4) is 0 Å². The van der Waals surface area contributed by atoms with Crippen molar-refractivity contribution in [3.8, 4) is 5.75 Å². The van der Waals surface area contributed by atoms with Crippen LogP contribution in [-0.4, -0.2) is 27.8 Å². The molecule has 0 bridgehead atoms. The molecule has 0 aliphatic carbocycles. The predicted octanol–water partition coefficient (Wildman–Crippen LogP) is 2.18. The first-order valence-electron chi connectivity index (χ1n) is 6.47. The minimum atomic E-state index is -0.344. The smallest absolute Gasteiger partial charge is 0.249 e. The number of aromatic nitrogens is 3. The molecule has 0 aromatic carbocycles. The Hall–Kier alpha value is -2.37. The Morgan fingerprint density at radius 2 is 2.30 bits per heavy atom. The molecule has 0 spiro atoms. The van der Waals surface area contributed by atoms with E-state index in [1.165, 1.54) is 0 Å². The molecule has 2 aromatic rings. The van der Waals surface area contributed by atoms with Gasteiger partial charge in [0.2, 0.25) is 5.91 Å². The van der Waals surface area contributed by atoms with E-state index in [0.29, 0.717) is 17.9 Å². The van der Waals surface area contributed by atoms with Gasteiger partial charge in [-0.15, -0.1) is 0 Å². The number of amides is 1. The van der Waals surface area contributed by atoms with E-state index < -0.39 is 0 Å². The number of nitrogens with one attached hydrogen (secondary N) is 1. The van der Waals surface area contributed by atoms with Crippen LogP contribution >= 0.6 is 0 Å². The molecule has 2 heterocycles. The highest BCUT2D eigenvalue weighted by atomic mass is 16.5. The standard InChI is InChI=1S/C14H18N4O2/c1-4-12(18-9-5-7-16-18)14(19)17-11-6-8-15-10(2)13(11)20-3/h5-9,12H,4H2,1-3H3,(H,15,17,19). The van der Waals surface area contributed by atoms with E-state index in [1.807, 2.05) is 13.8 Å². The SMILES string of the molecule is CCC(C(=O)Nc1ccnc(C)c1OC)n1cccn1. The molecule has 20 heavy (non-hydrogen) atoms. The molecule has 1 unspecified atom stereocenters. The van der Waals surface area contributed by atoms with Crippen LogP contribution in [0.4, 0.5) is 5.69 Å². The maximum absolute atomic E-state index is 12.4. The predicted molar refractivity (Wildman–Crippen MR) is 75.7 cm³/mol. The monoisotopic (exact) mass is 274 g/mol. The fourth-order valence-corrected chi connectivity index (χ4v) is 2.08. The molecular weight excluding hydrogens is 256 g/mol. The summed E-state index contributed by atoms with van der Waals surface area (Å²) in [5.41, 5.74) is 1.35. The quantitative estimate of drug-likeness (QED) is 0.907. The van der Waals surface area contributed by atoms with Gasteiger partial charge in [0.25, 0.3) is 0 Å². The Kier molecular flexibility index (Phi) is 4.34. The van der Waals surface area contributed by atoms with Crippen molar-refractivity contribution >= 4 is 11.6 Å². The number of hydrogen-bond donors (Lipinski definition) is 1. The Balaban J connectivity index is 2.21. The summed E-state index contributed by atoms with van der Waals surface area (Å²) < 4.78 is 6.93. The molecule has 0 fully saturated rings. The Morgan fingerprint density at radius 1 is 1.50 bits per heavy atom. The molecule has 1 atom stereocenters. The number of aryl methyl sites for hydroxylation is 1. The average Bonchev–Trinajstić information content (AvgIpc) is 2.94. The molecule has 0 saturated heterocycles. The molecule has 6 nitrogen and oxygen atoms in total. The first-order chi connectivity index (χ1) is 9.67. The number of hydrogen-bond acceptors (Lipinski definition) is 4. The van der Waals surface area contributed by atoms with Crippen molar-refractivity contribution in [2.24, 2.45) is 0 Å². The van der Waals surface area contributed by atoms with E-state index >= 15 is 0 Å². The third-order valence-corrected chi connectivity index (χ3v) is 3.08. The highest BCUT2D eigenvalue weighted by Crippen LogP contribution is 2.27. The van der Waals surface area contributed by atoms with E-state index in [2.05, 4.69) is 15.4 Å². The lowest BCUT2D eigenvalue weighted by atomic mass is 10.2. The first kappa shape index (κ1) is 14.0. The maximum Gasteiger partial charge on any atom is 0.249 e. The van der Waals surface area contributed by atoms with E-state index in [0.717, 1.165) is 5.69 Å². The third kappa shape index (κ3) is 2.79. The van der Waals surface area contributed by atoms with Crippen molar-refractivity contribution in [3.63, 3.8) is 0 Å². The van der Waals surface area contributed by atoms with Crippen molar-refractivity contribution in [2.75, 3.05) is 12.4 Å². The number of ether oxygens (including phenoxy) is 1. The van der Waals surface area contributed by atoms with E-state index in [4.69, 9.17) is 4.74 Å². The van der Waals surface area contributed by atoms with E-state index in [9.17, 15) is 4.79 Å². The van der Waals surface area contributed by atoms with Gasteiger partial charge in [0.05, 0.1) is 18.5 Å². The fourth-order valence-electron chi connectivity index (χ4n) is 2.08. The van der Waals surface area contributed by atoms with Crippen LogP contribution in [0.25, 0.3) is 0 Å². The second-order valence-electron chi connectivity index (χ2n) is 4.38. The summed E-state index contributed by atoms with van der Waals surface area (Å²) in [5.74, 6) is 0.455. The summed E-state index contributed by atoms with van der Waals surface area (Å²) in [4.78, 5) is 16.5. The summed E-state index contributed by atoms with van der Waals surface area (Å²) in [6.45, 7) is 3.78. The minimum absolute atomic E-state index is 0.125. The lowest BCUT2D eigenvalue weighted by Gasteiger charge is -2.17. The van der Waals surface area contributed by atoms with E-state index in [-0.39, 0.29) is 11.9 Å². The summed E-state index contributed by atoms with van der Waals surface area (Å²) in [7, 11) is 1.56. The number of pyridine rings is 1. The second kappa shape index (κ2) is 6.18. The highest BCUT2D eigenvalue weighted by molar-refractivity contribution is 5.95. The van der Waals surface area contributed by atoms with Gasteiger partial charge in [-0.25, -0.2) is 0 Å². The largest absolute Gasteiger partial charge is 0.493 e. The summed E-state index contributed by atoms with van der Waals surface area (Å²) in [5, 5.41) is 7.00. The molecule has 6 heteroatoms. The van der Waals surface area contributed by atoms with Crippen LogP contribution in [0.5, 0.6) is 5.75 Å². The van der Waals surface area contributed by atoms with Crippen LogP contribution in [0, 0.1) is 6.92 Å². The lowest BCUT2D eigenvalue weighted by Crippen LogP contribution is -2.26. The first-order valence-corrected chi connectivity index (χ1v) is 6.47. The lowest BCUT2D eigenvalue weighted by molar-refractivity contribution is -0.119. The van der Waals surface area contributed by atoms with E-state index in [1.54, 1.807) is 42.5 Å². The molecule has 2 aromatic heterocycles. The molecule has 0 saturated carbocycles. The number of carbonyl (C=O) groups excluding carboxylic acids is 1. The van der Waals surface area contributed by atoms with Crippen LogP contribution in [0.15, 0.2) is 30.7 Å². The molecule has 106 valence electrons. The fraction of sp³-hybridized carbons (Fsp3) is 0.357. The second-order valence-corrected chi connectivity index (χ2v) is 4.38. The molecule has 1 amide bonds. The van der Waals surface area contributed by atoms with Crippen LogP contribution in [-0.2, 0) is 4.79 Å². The number of rotatable bonds is 5. The Bertz CT molecular complexity index is 581. The summed E-state index contributed by atoms with van der Waals surface area (Å²) in [6.07, 6.45) is 5.73. The molecule has 2 rings (SSSR count). The van der Waals surface area contributed by atoms with Gasteiger partial charge in [0, 0.05) is 18.6 Å². The zero-order valence-electron chi connectivity index (χ0n) is 11.8. The number of methoxy groups -OCH3 is 1. The van der Waals surface area contributed by atoms with Crippen molar-refractivity contribution in [1.82, 2.24) is 14.8 Å². The number of anilines is 1. The van der Waals surface area contributed by atoms with Crippen molar-refractivity contribution in [1.29, 1.82) is 0 Å². The average molecular weight is 274 g/mol. The molecular formula is C14H18N4O2. The molecule has 0 aliphatic rings. The Labute approximate surface area is 117 Å². The van der Waals surface area contributed by atoms with Gasteiger partial charge in [-0.05, 0) is 25.5 Å². The minimum Gasteiger partial charge on any atom is -0.493 e. The Morgan fingerprint density at radius 3 is 2.90 bits per heavy atom. The number of nitrogens with zero attached hydrogens (tertiary/aromatic N) is 3. The maximum atomic E-state index is 12.4. The van der Waals surface area contributed by atoms with Gasteiger partial charge >= 0.3 is 0 Å². The van der Waals surface area contributed by atoms with Gasteiger partial charge in [-0.3, -0.25) is 14.5 Å². The highest BCUT2D eigenvalue weighted by Gasteiger charge is 2.20. The summed E-state index contributed by atoms with van der Waals surface area (Å²) in [6, 6.07) is 3.18. The van der Waals surface area contributed by atoms with Crippen molar-refractivity contribution in [3.05, 3.63) is 36.4 Å². The van der Waals surface area contributed by atoms with Gasteiger partial charge < -0.3 is 10.1 Å². The van der Waals surface area contributed by atoms with Gasteiger partial charge in [-0.1, -0.05) is 6.92 Å². The number of carbonyl (C=O) groups is 1. The molecule has 0 aliphatic heterocycles. The zero-order chi connectivity index (χ0) is 14.5. The van der Waals surface area contributed by atoms with Crippen molar-refractivity contribution < 1.29 is 9.53 Å². The van der Waals surface area contributed by atoms with Gasteiger partial charge in [0.15, 0.2) is 5.75 Å².